The number of nitriles is 1. The number of carbonyl (C=O) groups excluding carboxylic acids is 1. The maximum atomic E-state index is 13.1. The second kappa shape index (κ2) is 10.0. The van der Waals surface area contributed by atoms with E-state index in [1.54, 1.807) is 42.6 Å². The first kappa shape index (κ1) is 22.7. The molecule has 0 unspecified atom stereocenters. The molecule has 0 saturated heterocycles. The lowest BCUT2D eigenvalue weighted by molar-refractivity contribution is -0.112. The Morgan fingerprint density at radius 3 is 2.70 bits per heavy atom. The van der Waals surface area contributed by atoms with Crippen LogP contribution in [0.4, 0.5) is 9.52 Å². The van der Waals surface area contributed by atoms with E-state index in [1.807, 2.05) is 12.1 Å². The van der Waals surface area contributed by atoms with Gasteiger partial charge < -0.3 is 4.42 Å². The second-order valence-electron chi connectivity index (χ2n) is 6.88. The molecular formula is C24H14Cl2FN3O2S. The molecule has 0 aliphatic rings. The lowest BCUT2D eigenvalue weighted by atomic mass is 10.1. The molecule has 2 heterocycles. The first-order valence-electron chi connectivity index (χ1n) is 9.59. The highest BCUT2D eigenvalue weighted by molar-refractivity contribution is 7.15. The largest absolute Gasteiger partial charge is 0.457 e. The van der Waals surface area contributed by atoms with Crippen LogP contribution in [0.5, 0.6) is 0 Å². The number of benzene rings is 2. The molecule has 2 aromatic heterocycles. The average molecular weight is 498 g/mol. The molecule has 33 heavy (non-hydrogen) atoms. The van der Waals surface area contributed by atoms with Crippen LogP contribution in [-0.4, -0.2) is 10.9 Å². The smallest absolute Gasteiger partial charge is 0.268 e. The van der Waals surface area contributed by atoms with Gasteiger partial charge in [0.05, 0.1) is 0 Å². The summed E-state index contributed by atoms with van der Waals surface area (Å²) in [5.41, 5.74) is 1.41. The van der Waals surface area contributed by atoms with Gasteiger partial charge in [0.25, 0.3) is 5.91 Å². The number of amides is 1. The van der Waals surface area contributed by atoms with Gasteiger partial charge in [-0.1, -0.05) is 29.3 Å². The van der Waals surface area contributed by atoms with Crippen LogP contribution in [0.25, 0.3) is 17.4 Å². The molecule has 5 nitrogen and oxygen atoms in total. The van der Waals surface area contributed by atoms with Gasteiger partial charge in [-0.15, -0.1) is 11.3 Å². The summed E-state index contributed by atoms with van der Waals surface area (Å²) in [4.78, 5) is 17.6. The minimum absolute atomic E-state index is 0.146. The molecule has 0 radical (unpaired) electrons. The molecule has 4 aromatic rings. The number of hydrogen-bond acceptors (Lipinski definition) is 5. The van der Waals surface area contributed by atoms with E-state index in [0.29, 0.717) is 38.7 Å². The zero-order chi connectivity index (χ0) is 23.4. The highest BCUT2D eigenvalue weighted by Crippen LogP contribution is 2.27. The topological polar surface area (TPSA) is 78.9 Å². The molecule has 4 rings (SSSR count). The van der Waals surface area contributed by atoms with Gasteiger partial charge in [0.1, 0.15) is 29.0 Å². The summed E-state index contributed by atoms with van der Waals surface area (Å²) >= 11 is 13.4. The molecular weight excluding hydrogens is 484 g/mol. The Bertz CT molecular complexity index is 1390. The van der Waals surface area contributed by atoms with Crippen molar-refractivity contribution in [2.45, 2.75) is 6.42 Å². The number of rotatable bonds is 6. The van der Waals surface area contributed by atoms with Crippen LogP contribution >= 0.6 is 34.5 Å². The van der Waals surface area contributed by atoms with E-state index >= 15 is 0 Å². The molecule has 0 bridgehead atoms. The van der Waals surface area contributed by atoms with E-state index < -0.39 is 5.91 Å². The first-order chi connectivity index (χ1) is 15.9. The predicted octanol–water partition coefficient (Wildman–Crippen LogP) is 6.99. The molecule has 0 aliphatic carbocycles. The summed E-state index contributed by atoms with van der Waals surface area (Å²) in [6, 6.07) is 16.3. The summed E-state index contributed by atoms with van der Waals surface area (Å²) < 4.78 is 18.8. The third kappa shape index (κ3) is 5.68. The summed E-state index contributed by atoms with van der Waals surface area (Å²) in [7, 11) is 0. The molecule has 2 aromatic carbocycles. The fourth-order valence-corrected chi connectivity index (χ4v) is 4.26. The fraction of sp³-hybridized carbons (Fsp3) is 0.0417. The third-order valence-electron chi connectivity index (χ3n) is 4.56. The summed E-state index contributed by atoms with van der Waals surface area (Å²) in [6.07, 6.45) is 3.51. The minimum Gasteiger partial charge on any atom is -0.457 e. The number of furan rings is 1. The number of halogens is 3. The molecule has 1 N–H and O–H groups in total. The Morgan fingerprint density at radius 1 is 1.18 bits per heavy atom. The minimum atomic E-state index is -0.609. The van der Waals surface area contributed by atoms with Gasteiger partial charge in [0.2, 0.25) is 0 Å². The number of aromatic nitrogens is 1. The van der Waals surface area contributed by atoms with Gasteiger partial charge in [-0.05, 0) is 54.1 Å². The zero-order valence-corrected chi connectivity index (χ0v) is 19.1. The van der Waals surface area contributed by atoms with E-state index in [9.17, 15) is 14.4 Å². The molecule has 9 heteroatoms. The average Bonchev–Trinajstić information content (AvgIpc) is 3.44. The van der Waals surface area contributed by atoms with Crippen molar-refractivity contribution in [2.75, 3.05) is 5.32 Å². The van der Waals surface area contributed by atoms with Crippen LogP contribution in [0.3, 0.4) is 0 Å². The standard InChI is InChI=1S/C24H14Cl2FN3O2S/c25-17-4-1-15(21(26)11-17)10-20-13-29-24(33-20)30-23(31)16(12-28)9-19-7-8-22(32-19)14-2-5-18(27)6-3-14/h1-9,11,13H,10H2,(H,29,30,31). The summed E-state index contributed by atoms with van der Waals surface area (Å²) in [6.45, 7) is 0. The van der Waals surface area contributed by atoms with Crippen molar-refractivity contribution in [3.63, 3.8) is 0 Å². The SMILES string of the molecule is N#CC(=Cc1ccc(-c2ccc(F)cc2)o1)C(=O)Nc1ncc(Cc2ccc(Cl)cc2Cl)s1. The van der Waals surface area contributed by atoms with Crippen molar-refractivity contribution in [2.24, 2.45) is 0 Å². The Kier molecular flexibility index (Phi) is 6.90. The van der Waals surface area contributed by atoms with E-state index in [1.165, 1.54) is 29.5 Å². The van der Waals surface area contributed by atoms with Crippen LogP contribution < -0.4 is 5.32 Å². The van der Waals surface area contributed by atoms with Crippen molar-refractivity contribution in [1.29, 1.82) is 5.26 Å². The van der Waals surface area contributed by atoms with Gasteiger partial charge in [0, 0.05) is 39.2 Å². The van der Waals surface area contributed by atoms with Crippen LogP contribution in [0, 0.1) is 17.1 Å². The Balaban J connectivity index is 1.45. The van der Waals surface area contributed by atoms with Gasteiger partial charge in [-0.3, -0.25) is 10.1 Å². The fourth-order valence-electron chi connectivity index (χ4n) is 2.95. The Hall–Kier alpha value is -3.44. The maximum absolute atomic E-state index is 13.1. The summed E-state index contributed by atoms with van der Waals surface area (Å²) in [5, 5.41) is 13.5. The number of nitrogens with one attached hydrogen (secondary N) is 1. The van der Waals surface area contributed by atoms with E-state index in [4.69, 9.17) is 27.6 Å². The molecule has 164 valence electrons. The third-order valence-corrected chi connectivity index (χ3v) is 6.06. The highest BCUT2D eigenvalue weighted by Gasteiger charge is 2.14. The summed E-state index contributed by atoms with van der Waals surface area (Å²) in [5.74, 6) is -0.152. The molecule has 0 atom stereocenters. The highest BCUT2D eigenvalue weighted by atomic mass is 35.5. The predicted molar refractivity (Wildman–Crippen MR) is 128 cm³/mol. The van der Waals surface area contributed by atoms with Crippen LogP contribution in [-0.2, 0) is 11.2 Å². The van der Waals surface area contributed by atoms with Gasteiger partial charge >= 0.3 is 0 Å². The van der Waals surface area contributed by atoms with Crippen LogP contribution in [0.1, 0.15) is 16.2 Å². The Labute approximate surface area is 202 Å². The van der Waals surface area contributed by atoms with E-state index in [0.717, 1.165) is 10.4 Å². The maximum Gasteiger partial charge on any atom is 0.268 e. The van der Waals surface area contributed by atoms with Crippen molar-refractivity contribution >= 4 is 51.7 Å². The molecule has 0 saturated carbocycles. The van der Waals surface area contributed by atoms with Crippen molar-refractivity contribution < 1.29 is 13.6 Å². The molecule has 0 spiro atoms. The van der Waals surface area contributed by atoms with Crippen LogP contribution in [0.15, 0.2) is 70.8 Å². The molecule has 0 aliphatic heterocycles. The molecule has 1 amide bonds. The van der Waals surface area contributed by atoms with Crippen molar-refractivity contribution in [1.82, 2.24) is 4.98 Å². The van der Waals surface area contributed by atoms with E-state index in [-0.39, 0.29) is 11.4 Å². The number of hydrogen-bond donors (Lipinski definition) is 1. The number of anilines is 1. The van der Waals surface area contributed by atoms with Gasteiger partial charge in [0.15, 0.2) is 5.13 Å². The van der Waals surface area contributed by atoms with E-state index in [2.05, 4.69) is 10.3 Å². The number of thiazole rings is 1. The van der Waals surface area contributed by atoms with Gasteiger partial charge in [-0.2, -0.15) is 5.26 Å². The number of carbonyl (C=O) groups is 1. The lowest BCUT2D eigenvalue weighted by Gasteiger charge is -2.02. The van der Waals surface area contributed by atoms with Gasteiger partial charge in [-0.25, -0.2) is 9.37 Å². The normalized spacial score (nSPS) is 11.3. The monoisotopic (exact) mass is 497 g/mol. The second-order valence-corrected chi connectivity index (χ2v) is 8.84. The Morgan fingerprint density at radius 2 is 1.97 bits per heavy atom. The van der Waals surface area contributed by atoms with Crippen molar-refractivity contribution in [3.05, 3.63) is 98.4 Å². The lowest BCUT2D eigenvalue weighted by Crippen LogP contribution is -2.13. The quantitative estimate of drug-likeness (QED) is 0.230. The number of nitrogens with zero attached hydrogens (tertiary/aromatic N) is 2. The zero-order valence-electron chi connectivity index (χ0n) is 16.8. The first-order valence-corrected chi connectivity index (χ1v) is 11.2. The molecule has 0 fully saturated rings. The van der Waals surface area contributed by atoms with Crippen molar-refractivity contribution in [3.8, 4) is 17.4 Å². The van der Waals surface area contributed by atoms with Crippen LogP contribution in [0.2, 0.25) is 10.0 Å².